The van der Waals surface area contributed by atoms with Crippen LogP contribution in [0.5, 0.6) is 5.75 Å². The Morgan fingerprint density at radius 1 is 0.971 bits per heavy atom. The second kappa shape index (κ2) is 11.4. The summed E-state index contributed by atoms with van der Waals surface area (Å²) >= 11 is 0. The maximum atomic E-state index is 13.2. The van der Waals surface area contributed by atoms with Crippen molar-refractivity contribution in [2.24, 2.45) is 5.92 Å². The molecule has 2 aromatic rings. The lowest BCUT2D eigenvalue weighted by Crippen LogP contribution is -2.56. The Hall–Kier alpha value is -3.68. The van der Waals surface area contributed by atoms with E-state index >= 15 is 0 Å². The van der Waals surface area contributed by atoms with Gasteiger partial charge in [0.15, 0.2) is 0 Å². The fourth-order valence-corrected chi connectivity index (χ4v) is 3.49. The molecule has 0 spiro atoms. The first-order valence-electron chi connectivity index (χ1n) is 11.4. The summed E-state index contributed by atoms with van der Waals surface area (Å²) in [6, 6.07) is 13.8. The predicted molar refractivity (Wildman–Crippen MR) is 127 cm³/mol. The third-order valence-electron chi connectivity index (χ3n) is 5.62. The van der Waals surface area contributed by atoms with Crippen LogP contribution in [0.25, 0.3) is 0 Å². The highest BCUT2D eigenvalue weighted by Gasteiger charge is 2.34. The van der Waals surface area contributed by atoms with Crippen molar-refractivity contribution < 1.29 is 23.9 Å². The van der Waals surface area contributed by atoms with Gasteiger partial charge in [0.1, 0.15) is 17.8 Å². The largest absolute Gasteiger partial charge is 0.497 e. The zero-order valence-corrected chi connectivity index (χ0v) is 19.7. The number of carbonyl (C=O) groups is 4. The maximum absolute atomic E-state index is 13.2. The van der Waals surface area contributed by atoms with Gasteiger partial charge in [0.2, 0.25) is 11.7 Å². The van der Waals surface area contributed by atoms with Crippen LogP contribution in [0.3, 0.4) is 0 Å². The molecule has 0 saturated heterocycles. The van der Waals surface area contributed by atoms with Crippen LogP contribution in [-0.2, 0) is 20.8 Å². The Bertz CT molecular complexity index is 1030. The van der Waals surface area contributed by atoms with E-state index < -0.39 is 35.6 Å². The Morgan fingerprint density at radius 3 is 2.29 bits per heavy atom. The van der Waals surface area contributed by atoms with E-state index in [4.69, 9.17) is 4.74 Å². The number of nitrogens with one attached hydrogen (secondary N) is 3. The van der Waals surface area contributed by atoms with E-state index in [-0.39, 0.29) is 18.4 Å². The smallest absolute Gasteiger partial charge is 0.289 e. The average molecular weight is 466 g/mol. The van der Waals surface area contributed by atoms with Gasteiger partial charge in [0.25, 0.3) is 11.8 Å². The lowest BCUT2D eigenvalue weighted by Gasteiger charge is -2.25. The van der Waals surface area contributed by atoms with E-state index in [0.717, 1.165) is 18.4 Å². The zero-order valence-electron chi connectivity index (χ0n) is 19.7. The average Bonchev–Trinajstić information content (AvgIpc) is 3.65. The summed E-state index contributed by atoms with van der Waals surface area (Å²) in [6.07, 6.45) is 1.86. The van der Waals surface area contributed by atoms with Crippen LogP contribution in [0.15, 0.2) is 54.6 Å². The fourth-order valence-electron chi connectivity index (χ4n) is 3.49. The molecule has 1 aliphatic rings. The zero-order chi connectivity index (χ0) is 24.7. The number of hydrogen-bond acceptors (Lipinski definition) is 5. The first-order chi connectivity index (χ1) is 16.3. The quantitative estimate of drug-likeness (QED) is 0.440. The molecule has 2 atom stereocenters. The molecule has 3 amide bonds. The van der Waals surface area contributed by atoms with Crippen LogP contribution in [0.2, 0.25) is 0 Å². The number of Topliss-reactive ketones (excluding diaryl/α,β-unsaturated/α-hetero) is 1. The van der Waals surface area contributed by atoms with Gasteiger partial charge in [-0.25, -0.2) is 0 Å². The second-order valence-electron chi connectivity index (χ2n) is 8.79. The van der Waals surface area contributed by atoms with E-state index in [1.807, 2.05) is 30.3 Å². The number of ether oxygens (including phenoxy) is 1. The summed E-state index contributed by atoms with van der Waals surface area (Å²) < 4.78 is 5.16. The van der Waals surface area contributed by atoms with Gasteiger partial charge in [-0.1, -0.05) is 50.2 Å². The summed E-state index contributed by atoms with van der Waals surface area (Å²) in [7, 11) is 1.50. The van der Waals surface area contributed by atoms with Crippen LogP contribution < -0.4 is 20.7 Å². The van der Waals surface area contributed by atoms with E-state index in [2.05, 4.69) is 16.0 Å². The molecule has 0 bridgehead atoms. The van der Waals surface area contributed by atoms with Crippen LogP contribution in [-0.4, -0.2) is 48.7 Å². The van der Waals surface area contributed by atoms with Gasteiger partial charge in [-0.15, -0.1) is 0 Å². The fraction of sp³-hybridized carbons (Fsp3) is 0.385. The van der Waals surface area contributed by atoms with Crippen molar-refractivity contribution in [1.82, 2.24) is 16.0 Å². The molecule has 1 saturated carbocycles. The van der Waals surface area contributed by atoms with Crippen LogP contribution in [0.4, 0.5) is 0 Å². The standard InChI is InChI=1S/C26H31N3O5/c1-16(2)22(29-24(31)18-10-7-11-20(15-18)34-3)25(32)28-21(14-17-8-5-4-6-9-17)23(30)26(33)27-19-12-13-19/h4-11,15-16,19,21-22H,12-14H2,1-3H3,(H,27,33)(H,28,32)(H,29,31). The predicted octanol–water partition coefficient (Wildman–Crippen LogP) is 2.02. The number of carbonyl (C=O) groups excluding carboxylic acids is 4. The molecule has 3 N–H and O–H groups in total. The van der Waals surface area contributed by atoms with Gasteiger partial charge in [-0.2, -0.15) is 0 Å². The molecule has 2 aromatic carbocycles. The Labute approximate surface area is 199 Å². The highest BCUT2D eigenvalue weighted by Crippen LogP contribution is 2.19. The Kier molecular flexibility index (Phi) is 8.40. The van der Waals surface area contributed by atoms with Crippen molar-refractivity contribution >= 4 is 23.5 Å². The third kappa shape index (κ3) is 6.91. The number of rotatable bonds is 11. The second-order valence-corrected chi connectivity index (χ2v) is 8.79. The SMILES string of the molecule is COc1cccc(C(=O)NC(C(=O)NC(Cc2ccccc2)C(=O)C(=O)NC2CC2)C(C)C)c1. The van der Waals surface area contributed by atoms with E-state index in [1.165, 1.54) is 7.11 Å². The van der Waals surface area contributed by atoms with Gasteiger partial charge in [0.05, 0.1) is 7.11 Å². The minimum absolute atomic E-state index is 0.0232. The molecule has 180 valence electrons. The molecule has 3 rings (SSSR count). The summed E-state index contributed by atoms with van der Waals surface area (Å²) in [5.41, 5.74) is 1.15. The lowest BCUT2D eigenvalue weighted by molar-refractivity contribution is -0.140. The first kappa shape index (κ1) is 25.0. The van der Waals surface area contributed by atoms with Crippen molar-refractivity contribution in [2.45, 2.75) is 51.2 Å². The minimum Gasteiger partial charge on any atom is -0.497 e. The van der Waals surface area contributed by atoms with Crippen molar-refractivity contribution in [2.75, 3.05) is 7.11 Å². The van der Waals surface area contributed by atoms with Gasteiger partial charge in [-0.3, -0.25) is 19.2 Å². The summed E-state index contributed by atoms with van der Waals surface area (Å²) in [4.78, 5) is 51.4. The molecule has 0 aliphatic heterocycles. The minimum atomic E-state index is -1.05. The molecule has 8 heteroatoms. The topological polar surface area (TPSA) is 114 Å². The van der Waals surface area contributed by atoms with E-state index in [1.54, 1.807) is 38.1 Å². The molecule has 1 aliphatic carbocycles. The molecule has 0 heterocycles. The van der Waals surface area contributed by atoms with Crippen LogP contribution in [0, 0.1) is 5.92 Å². The van der Waals surface area contributed by atoms with E-state index in [9.17, 15) is 19.2 Å². The number of amides is 3. The van der Waals surface area contributed by atoms with E-state index in [0.29, 0.717) is 11.3 Å². The molecule has 1 fully saturated rings. The van der Waals surface area contributed by atoms with Gasteiger partial charge in [0, 0.05) is 18.0 Å². The molecular weight excluding hydrogens is 434 g/mol. The number of benzene rings is 2. The molecule has 34 heavy (non-hydrogen) atoms. The van der Waals surface area contributed by atoms with Crippen molar-refractivity contribution in [3.63, 3.8) is 0 Å². The molecule has 8 nitrogen and oxygen atoms in total. The van der Waals surface area contributed by atoms with Gasteiger partial charge < -0.3 is 20.7 Å². The van der Waals surface area contributed by atoms with Crippen molar-refractivity contribution in [3.8, 4) is 5.75 Å². The molecule has 0 radical (unpaired) electrons. The maximum Gasteiger partial charge on any atom is 0.289 e. The van der Waals surface area contributed by atoms with Crippen LogP contribution in [0.1, 0.15) is 42.6 Å². The summed E-state index contributed by atoms with van der Waals surface area (Å²) in [5.74, 6) is -2.11. The molecule has 0 aromatic heterocycles. The lowest BCUT2D eigenvalue weighted by atomic mass is 9.98. The number of hydrogen-bond donors (Lipinski definition) is 3. The highest BCUT2D eigenvalue weighted by molar-refractivity contribution is 6.38. The highest BCUT2D eigenvalue weighted by atomic mass is 16.5. The van der Waals surface area contributed by atoms with Crippen molar-refractivity contribution in [3.05, 3.63) is 65.7 Å². The summed E-state index contributed by atoms with van der Waals surface area (Å²) in [5, 5.41) is 8.15. The summed E-state index contributed by atoms with van der Waals surface area (Å²) in [6.45, 7) is 3.59. The van der Waals surface area contributed by atoms with Crippen LogP contribution >= 0.6 is 0 Å². The first-order valence-corrected chi connectivity index (χ1v) is 11.4. The van der Waals surface area contributed by atoms with Crippen molar-refractivity contribution in [1.29, 1.82) is 0 Å². The normalized spacial score (nSPS) is 14.6. The molecule has 2 unspecified atom stereocenters. The molecular formula is C26H31N3O5. The Balaban J connectivity index is 1.74. The number of methoxy groups -OCH3 is 1. The van der Waals surface area contributed by atoms with Gasteiger partial charge in [-0.05, 0) is 42.5 Å². The number of ketones is 1. The Morgan fingerprint density at radius 2 is 1.68 bits per heavy atom. The monoisotopic (exact) mass is 465 g/mol. The third-order valence-corrected chi connectivity index (χ3v) is 5.62. The van der Waals surface area contributed by atoms with Gasteiger partial charge >= 0.3 is 0 Å².